The molecule has 1 aromatic carbocycles. The number of hydrogen-bond donors (Lipinski definition) is 0. The summed E-state index contributed by atoms with van der Waals surface area (Å²) in [6, 6.07) is 10.2. The molecule has 3 rings (SSSR count). The number of likely N-dealkylation sites (tertiary alicyclic amines) is 1. The second-order valence-corrected chi connectivity index (χ2v) is 6.87. The van der Waals surface area contributed by atoms with Crippen LogP contribution >= 0.6 is 0 Å². The minimum atomic E-state index is -0.606. The van der Waals surface area contributed by atoms with Gasteiger partial charge in [0.15, 0.2) is 5.78 Å². The smallest absolute Gasteiger partial charge is 0.233 e. The zero-order valence-corrected chi connectivity index (χ0v) is 14.2. The fourth-order valence-electron chi connectivity index (χ4n) is 3.88. The Hall–Kier alpha value is -1.94. The van der Waals surface area contributed by atoms with E-state index in [0.717, 1.165) is 24.9 Å². The number of ketones is 1. The van der Waals surface area contributed by atoms with Gasteiger partial charge in [0, 0.05) is 20.1 Å². The Morgan fingerprint density at radius 1 is 1.33 bits per heavy atom. The minimum Gasteiger partial charge on any atom is -0.383 e. The number of benzene rings is 1. The molecule has 0 spiro atoms. The molecule has 1 saturated heterocycles. The van der Waals surface area contributed by atoms with Crippen LogP contribution in [-0.2, 0) is 20.7 Å². The van der Waals surface area contributed by atoms with E-state index in [0.29, 0.717) is 25.9 Å². The topological polar surface area (TPSA) is 46.6 Å². The third-order valence-corrected chi connectivity index (χ3v) is 5.19. The van der Waals surface area contributed by atoms with Crippen LogP contribution in [0.5, 0.6) is 0 Å². The van der Waals surface area contributed by atoms with Gasteiger partial charge in [-0.05, 0) is 37.3 Å². The second kappa shape index (κ2) is 7.31. The van der Waals surface area contributed by atoms with Crippen molar-refractivity contribution in [3.05, 3.63) is 48.0 Å². The summed E-state index contributed by atoms with van der Waals surface area (Å²) in [5.41, 5.74) is 0.526. The van der Waals surface area contributed by atoms with Crippen LogP contribution in [0.3, 0.4) is 0 Å². The molecule has 4 nitrogen and oxygen atoms in total. The zero-order chi connectivity index (χ0) is 17.0. The number of ether oxygens (including phenoxy) is 1. The summed E-state index contributed by atoms with van der Waals surface area (Å²) < 4.78 is 5.30. The molecule has 1 amide bonds. The lowest BCUT2D eigenvalue weighted by Crippen LogP contribution is -2.48. The summed E-state index contributed by atoms with van der Waals surface area (Å²) in [5.74, 6) is 0.260. The molecule has 1 aromatic rings. The summed E-state index contributed by atoms with van der Waals surface area (Å²) in [4.78, 5) is 27.1. The van der Waals surface area contributed by atoms with Gasteiger partial charge in [0.05, 0.1) is 18.1 Å². The molecule has 4 heteroatoms. The largest absolute Gasteiger partial charge is 0.383 e. The van der Waals surface area contributed by atoms with Crippen LogP contribution in [0.2, 0.25) is 0 Å². The van der Waals surface area contributed by atoms with Gasteiger partial charge in [-0.3, -0.25) is 9.59 Å². The highest BCUT2D eigenvalue weighted by Gasteiger charge is 2.44. The van der Waals surface area contributed by atoms with Crippen LogP contribution in [0.25, 0.3) is 0 Å². The molecule has 0 saturated carbocycles. The Balaban J connectivity index is 1.88. The van der Waals surface area contributed by atoms with Crippen molar-refractivity contribution in [3.8, 4) is 0 Å². The number of hydrogen-bond acceptors (Lipinski definition) is 3. The third kappa shape index (κ3) is 3.44. The van der Waals surface area contributed by atoms with Crippen molar-refractivity contribution in [1.29, 1.82) is 0 Å². The number of allylic oxidation sites excluding steroid dienone is 1. The monoisotopic (exact) mass is 327 g/mol. The fourth-order valence-corrected chi connectivity index (χ4v) is 3.88. The van der Waals surface area contributed by atoms with Crippen molar-refractivity contribution < 1.29 is 14.3 Å². The molecule has 128 valence electrons. The van der Waals surface area contributed by atoms with Gasteiger partial charge in [0.1, 0.15) is 0 Å². The van der Waals surface area contributed by atoms with Gasteiger partial charge in [-0.1, -0.05) is 36.4 Å². The average Bonchev–Trinajstić information content (AvgIpc) is 3.06. The SMILES string of the molecule is COC[C@@H]1CCCN1C(=O)[C@]1(Cc2ccccc2)C=CC(=O)CC1. The van der Waals surface area contributed by atoms with E-state index in [4.69, 9.17) is 4.74 Å². The second-order valence-electron chi connectivity index (χ2n) is 6.87. The molecule has 0 aromatic heterocycles. The Morgan fingerprint density at radius 2 is 2.12 bits per heavy atom. The first-order valence-electron chi connectivity index (χ1n) is 8.71. The van der Waals surface area contributed by atoms with Crippen molar-refractivity contribution in [2.75, 3.05) is 20.3 Å². The zero-order valence-electron chi connectivity index (χ0n) is 14.2. The van der Waals surface area contributed by atoms with Crippen LogP contribution in [0.1, 0.15) is 31.2 Å². The molecule has 0 N–H and O–H groups in total. The van der Waals surface area contributed by atoms with E-state index >= 15 is 0 Å². The number of rotatable bonds is 5. The molecule has 1 aliphatic carbocycles. The van der Waals surface area contributed by atoms with E-state index in [2.05, 4.69) is 12.1 Å². The van der Waals surface area contributed by atoms with Crippen molar-refractivity contribution in [3.63, 3.8) is 0 Å². The molecule has 1 aliphatic heterocycles. The van der Waals surface area contributed by atoms with E-state index in [1.807, 2.05) is 29.2 Å². The molecule has 1 heterocycles. The number of nitrogens with zero attached hydrogens (tertiary/aromatic N) is 1. The Bertz CT molecular complexity index is 625. The maximum atomic E-state index is 13.4. The first-order valence-corrected chi connectivity index (χ1v) is 8.71. The lowest BCUT2D eigenvalue weighted by molar-refractivity contribution is -0.142. The highest BCUT2D eigenvalue weighted by Crippen LogP contribution is 2.38. The maximum absolute atomic E-state index is 13.4. The van der Waals surface area contributed by atoms with E-state index in [1.54, 1.807) is 13.2 Å². The van der Waals surface area contributed by atoms with Gasteiger partial charge < -0.3 is 9.64 Å². The van der Waals surface area contributed by atoms with Gasteiger partial charge in [-0.25, -0.2) is 0 Å². The molecule has 2 atom stereocenters. The van der Waals surface area contributed by atoms with E-state index in [9.17, 15) is 9.59 Å². The van der Waals surface area contributed by atoms with E-state index in [1.165, 1.54) is 0 Å². The van der Waals surface area contributed by atoms with Crippen molar-refractivity contribution in [2.24, 2.45) is 5.41 Å². The summed E-state index contributed by atoms with van der Waals surface area (Å²) in [6.07, 6.45) is 7.15. The summed E-state index contributed by atoms with van der Waals surface area (Å²) in [7, 11) is 1.68. The van der Waals surface area contributed by atoms with Crippen molar-refractivity contribution in [1.82, 2.24) is 4.90 Å². The van der Waals surface area contributed by atoms with Crippen LogP contribution in [0.4, 0.5) is 0 Å². The standard InChI is InChI=1S/C20H25NO3/c1-24-15-17-8-5-13-21(17)19(23)20(11-9-18(22)10-12-20)14-16-6-3-2-4-7-16/h2-4,6-7,9,11,17H,5,8,10,12-15H2,1H3/t17-,20+/m0/s1. The summed E-state index contributed by atoms with van der Waals surface area (Å²) in [5, 5.41) is 0. The van der Waals surface area contributed by atoms with Crippen LogP contribution in [0.15, 0.2) is 42.5 Å². The normalized spacial score (nSPS) is 26.8. The quantitative estimate of drug-likeness (QED) is 0.835. The summed E-state index contributed by atoms with van der Waals surface area (Å²) >= 11 is 0. The number of carbonyl (C=O) groups is 2. The maximum Gasteiger partial charge on any atom is 0.233 e. The van der Waals surface area contributed by atoms with Crippen molar-refractivity contribution >= 4 is 11.7 Å². The third-order valence-electron chi connectivity index (χ3n) is 5.19. The molecule has 24 heavy (non-hydrogen) atoms. The number of amides is 1. The average molecular weight is 327 g/mol. The molecule has 2 aliphatic rings. The predicted octanol–water partition coefficient (Wildman–Crippen LogP) is 2.77. The predicted molar refractivity (Wildman–Crippen MR) is 92.6 cm³/mol. The minimum absolute atomic E-state index is 0.112. The fraction of sp³-hybridized carbons (Fsp3) is 0.500. The highest BCUT2D eigenvalue weighted by molar-refractivity contribution is 5.95. The van der Waals surface area contributed by atoms with Crippen LogP contribution < -0.4 is 0 Å². The lowest BCUT2D eigenvalue weighted by atomic mass is 9.73. The Kier molecular flexibility index (Phi) is 5.14. The Morgan fingerprint density at radius 3 is 2.79 bits per heavy atom. The summed E-state index contributed by atoms with van der Waals surface area (Å²) in [6.45, 7) is 1.36. The van der Waals surface area contributed by atoms with Crippen LogP contribution in [0, 0.1) is 5.41 Å². The van der Waals surface area contributed by atoms with E-state index in [-0.39, 0.29) is 17.7 Å². The van der Waals surface area contributed by atoms with Crippen LogP contribution in [-0.4, -0.2) is 42.9 Å². The van der Waals surface area contributed by atoms with Gasteiger partial charge in [-0.15, -0.1) is 0 Å². The first kappa shape index (κ1) is 16.9. The molecule has 1 fully saturated rings. The van der Waals surface area contributed by atoms with Gasteiger partial charge in [0.2, 0.25) is 5.91 Å². The Labute approximate surface area is 143 Å². The van der Waals surface area contributed by atoms with Gasteiger partial charge in [-0.2, -0.15) is 0 Å². The molecular formula is C20H25NO3. The molecule has 0 unspecified atom stereocenters. The highest BCUT2D eigenvalue weighted by atomic mass is 16.5. The molecule has 0 radical (unpaired) electrons. The van der Waals surface area contributed by atoms with Crippen molar-refractivity contribution in [2.45, 2.75) is 38.1 Å². The first-order chi connectivity index (χ1) is 11.6. The van der Waals surface area contributed by atoms with Gasteiger partial charge in [0.25, 0.3) is 0 Å². The molecule has 0 bridgehead atoms. The van der Waals surface area contributed by atoms with E-state index < -0.39 is 5.41 Å². The lowest BCUT2D eigenvalue weighted by Gasteiger charge is -2.37. The molecular weight excluding hydrogens is 302 g/mol. The van der Waals surface area contributed by atoms with Gasteiger partial charge >= 0.3 is 0 Å². The number of methoxy groups -OCH3 is 1. The number of carbonyl (C=O) groups excluding carboxylic acids is 2.